The first-order valence-electron chi connectivity index (χ1n) is 7.87. The molecule has 2 unspecified atom stereocenters. The summed E-state index contributed by atoms with van der Waals surface area (Å²) in [5.41, 5.74) is -0.225. The van der Waals surface area contributed by atoms with Crippen molar-refractivity contribution in [3.63, 3.8) is 0 Å². The van der Waals surface area contributed by atoms with Gasteiger partial charge in [-0.05, 0) is 39.8 Å². The Kier molecular flexibility index (Phi) is 4.51. The van der Waals surface area contributed by atoms with Gasteiger partial charge in [-0.3, -0.25) is 10.1 Å². The molecule has 1 aliphatic carbocycles. The van der Waals surface area contributed by atoms with E-state index in [0.29, 0.717) is 5.91 Å². The number of carbonyl (C=O) groups is 1. The van der Waals surface area contributed by atoms with E-state index in [0.717, 1.165) is 32.5 Å². The molecule has 2 aliphatic rings. The van der Waals surface area contributed by atoms with E-state index in [1.807, 2.05) is 0 Å². The molecule has 1 heterocycles. The van der Waals surface area contributed by atoms with Gasteiger partial charge in [0.15, 0.2) is 0 Å². The van der Waals surface area contributed by atoms with Gasteiger partial charge < -0.3 is 9.80 Å². The van der Waals surface area contributed by atoms with E-state index in [2.05, 4.69) is 42.8 Å². The van der Waals surface area contributed by atoms with E-state index in [4.69, 9.17) is 0 Å². The molecule has 2 fully saturated rings. The molecule has 0 aromatic carbocycles. The number of rotatable bonds is 5. The fraction of sp³-hybridized carbons (Fsp3) is 0.933. The second-order valence-electron chi connectivity index (χ2n) is 6.16. The van der Waals surface area contributed by atoms with Crippen molar-refractivity contribution in [2.45, 2.75) is 71.1 Å². The monoisotopic (exact) mass is 267 g/mol. The Morgan fingerprint density at radius 1 is 1.37 bits per heavy atom. The van der Waals surface area contributed by atoms with Crippen LogP contribution in [0.15, 0.2) is 0 Å². The second-order valence-corrected chi connectivity index (χ2v) is 6.16. The highest BCUT2D eigenvalue weighted by molar-refractivity contribution is 5.89. The zero-order valence-electron chi connectivity index (χ0n) is 12.9. The van der Waals surface area contributed by atoms with Crippen molar-refractivity contribution in [2.24, 2.45) is 0 Å². The normalized spacial score (nSPS) is 27.7. The van der Waals surface area contributed by atoms with Crippen molar-refractivity contribution >= 4 is 5.91 Å². The summed E-state index contributed by atoms with van der Waals surface area (Å²) in [5, 5.41) is 3.58. The molecule has 2 atom stereocenters. The highest BCUT2D eigenvalue weighted by Gasteiger charge is 2.52. The first kappa shape index (κ1) is 14.8. The number of hydrogen-bond acceptors (Lipinski definition) is 3. The van der Waals surface area contributed by atoms with E-state index < -0.39 is 0 Å². The average Bonchev–Trinajstić information content (AvgIpc) is 2.94. The van der Waals surface area contributed by atoms with Crippen LogP contribution >= 0.6 is 0 Å². The molecule has 0 radical (unpaired) electrons. The van der Waals surface area contributed by atoms with Gasteiger partial charge in [0.05, 0.1) is 11.7 Å². The van der Waals surface area contributed by atoms with Crippen LogP contribution in [0.25, 0.3) is 0 Å². The van der Waals surface area contributed by atoms with Crippen LogP contribution in [0.5, 0.6) is 0 Å². The van der Waals surface area contributed by atoms with Gasteiger partial charge in [-0.25, -0.2) is 0 Å². The smallest absolute Gasteiger partial charge is 0.244 e. The summed E-state index contributed by atoms with van der Waals surface area (Å²) in [6, 6.07) is 0.287. The summed E-state index contributed by atoms with van der Waals surface area (Å²) < 4.78 is 0. The lowest BCUT2D eigenvalue weighted by Crippen LogP contribution is -2.48. The summed E-state index contributed by atoms with van der Waals surface area (Å²) in [4.78, 5) is 17.3. The lowest BCUT2D eigenvalue weighted by atomic mass is 9.97. The van der Waals surface area contributed by atoms with Crippen LogP contribution in [-0.2, 0) is 4.79 Å². The summed E-state index contributed by atoms with van der Waals surface area (Å²) in [7, 11) is 0. The van der Waals surface area contributed by atoms with Gasteiger partial charge in [0, 0.05) is 12.6 Å². The molecule has 2 rings (SSSR count). The molecule has 4 heteroatoms. The Morgan fingerprint density at radius 3 is 2.47 bits per heavy atom. The Labute approximate surface area is 117 Å². The molecule has 110 valence electrons. The van der Waals surface area contributed by atoms with E-state index in [-0.39, 0.29) is 17.7 Å². The molecule has 0 bridgehead atoms. The van der Waals surface area contributed by atoms with E-state index in [1.165, 1.54) is 12.8 Å². The van der Waals surface area contributed by atoms with E-state index in [1.54, 1.807) is 0 Å². The minimum absolute atomic E-state index is 0.177. The number of carbonyl (C=O) groups excluding carboxylic acids is 1. The lowest BCUT2D eigenvalue weighted by Gasteiger charge is -2.32. The van der Waals surface area contributed by atoms with Crippen LogP contribution in [0.4, 0.5) is 0 Å². The van der Waals surface area contributed by atoms with Crippen LogP contribution in [0, 0.1) is 0 Å². The Hall–Kier alpha value is -0.610. The van der Waals surface area contributed by atoms with Gasteiger partial charge in [-0.1, -0.05) is 26.7 Å². The standard InChI is InChI=1S/C15H29N3O/c1-5-17(6-2)11-12(3)18-13(4)16-15(14(18)19)9-7-8-10-15/h12-13,16H,5-11H2,1-4H3. The van der Waals surface area contributed by atoms with Crippen molar-refractivity contribution in [1.29, 1.82) is 0 Å². The molecule has 19 heavy (non-hydrogen) atoms. The van der Waals surface area contributed by atoms with E-state index in [9.17, 15) is 4.79 Å². The van der Waals surface area contributed by atoms with Crippen molar-refractivity contribution in [3.05, 3.63) is 0 Å². The molecular formula is C15H29N3O. The summed E-state index contributed by atoms with van der Waals surface area (Å²) >= 11 is 0. The fourth-order valence-electron chi connectivity index (χ4n) is 3.82. The number of hydrogen-bond donors (Lipinski definition) is 1. The molecule has 1 saturated carbocycles. The van der Waals surface area contributed by atoms with Crippen molar-refractivity contribution < 1.29 is 4.79 Å². The van der Waals surface area contributed by atoms with Gasteiger partial charge in [-0.2, -0.15) is 0 Å². The number of likely N-dealkylation sites (N-methyl/N-ethyl adjacent to an activating group) is 1. The van der Waals surface area contributed by atoms with Gasteiger partial charge in [0.2, 0.25) is 5.91 Å². The molecule has 0 aromatic rings. The van der Waals surface area contributed by atoms with Gasteiger partial charge in [0.1, 0.15) is 0 Å². The third kappa shape index (κ3) is 2.65. The predicted molar refractivity (Wildman–Crippen MR) is 77.9 cm³/mol. The molecule has 1 aliphatic heterocycles. The maximum atomic E-state index is 12.8. The molecule has 1 N–H and O–H groups in total. The average molecular weight is 267 g/mol. The molecule has 1 spiro atoms. The number of nitrogens with zero attached hydrogens (tertiary/aromatic N) is 2. The highest BCUT2D eigenvalue weighted by atomic mass is 16.2. The van der Waals surface area contributed by atoms with Crippen LogP contribution in [-0.4, -0.2) is 53.1 Å². The van der Waals surface area contributed by atoms with Gasteiger partial charge >= 0.3 is 0 Å². The first-order chi connectivity index (χ1) is 9.04. The Morgan fingerprint density at radius 2 is 1.95 bits per heavy atom. The molecule has 0 aromatic heterocycles. The Bertz CT molecular complexity index is 321. The quantitative estimate of drug-likeness (QED) is 0.825. The van der Waals surface area contributed by atoms with Crippen molar-refractivity contribution in [3.8, 4) is 0 Å². The largest absolute Gasteiger partial charge is 0.322 e. The molecule has 4 nitrogen and oxygen atoms in total. The fourth-order valence-corrected chi connectivity index (χ4v) is 3.82. The third-order valence-electron chi connectivity index (χ3n) is 4.90. The predicted octanol–water partition coefficient (Wildman–Crippen LogP) is 1.81. The minimum atomic E-state index is -0.225. The zero-order valence-corrected chi connectivity index (χ0v) is 12.9. The van der Waals surface area contributed by atoms with Crippen molar-refractivity contribution in [1.82, 2.24) is 15.1 Å². The summed E-state index contributed by atoms with van der Waals surface area (Å²) in [5.74, 6) is 0.345. The Balaban J connectivity index is 2.05. The molecule has 1 saturated heterocycles. The maximum absolute atomic E-state index is 12.8. The first-order valence-corrected chi connectivity index (χ1v) is 7.87. The van der Waals surface area contributed by atoms with Crippen LogP contribution in [0.3, 0.4) is 0 Å². The van der Waals surface area contributed by atoms with Crippen LogP contribution in [0.2, 0.25) is 0 Å². The maximum Gasteiger partial charge on any atom is 0.244 e. The second kappa shape index (κ2) is 5.80. The third-order valence-corrected chi connectivity index (χ3v) is 4.90. The minimum Gasteiger partial charge on any atom is -0.322 e. The lowest BCUT2D eigenvalue weighted by molar-refractivity contribution is -0.135. The van der Waals surface area contributed by atoms with Crippen molar-refractivity contribution in [2.75, 3.05) is 19.6 Å². The van der Waals surface area contributed by atoms with Crippen LogP contribution < -0.4 is 5.32 Å². The number of amides is 1. The highest BCUT2D eigenvalue weighted by Crippen LogP contribution is 2.37. The molecule has 1 amide bonds. The number of nitrogens with one attached hydrogen (secondary N) is 1. The topological polar surface area (TPSA) is 35.6 Å². The van der Waals surface area contributed by atoms with Crippen LogP contribution in [0.1, 0.15) is 53.4 Å². The van der Waals surface area contributed by atoms with Gasteiger partial charge in [-0.15, -0.1) is 0 Å². The SMILES string of the molecule is CCN(CC)CC(C)N1C(=O)C2(CCCC2)NC1C. The van der Waals surface area contributed by atoms with Gasteiger partial charge in [0.25, 0.3) is 0 Å². The summed E-state index contributed by atoms with van der Waals surface area (Å²) in [6.45, 7) is 11.8. The summed E-state index contributed by atoms with van der Waals surface area (Å²) in [6.07, 6.45) is 4.58. The van der Waals surface area contributed by atoms with E-state index >= 15 is 0 Å². The zero-order chi connectivity index (χ0) is 14.0. The molecular weight excluding hydrogens is 238 g/mol.